The average molecular weight is 455 g/mol. The van der Waals surface area contributed by atoms with Crippen LogP contribution in [0.25, 0.3) is 0 Å². The van der Waals surface area contributed by atoms with Crippen LogP contribution < -0.4 is 9.62 Å². The minimum Gasteiger partial charge on any atom is -0.350 e. The number of alkyl halides is 3. The topological polar surface area (TPSA) is 66.5 Å². The summed E-state index contributed by atoms with van der Waals surface area (Å²) in [6, 6.07) is 8.83. The van der Waals surface area contributed by atoms with Gasteiger partial charge in [0.15, 0.2) is 0 Å². The van der Waals surface area contributed by atoms with E-state index in [0.29, 0.717) is 21.0 Å². The van der Waals surface area contributed by atoms with Crippen molar-refractivity contribution in [3.8, 4) is 0 Å². The summed E-state index contributed by atoms with van der Waals surface area (Å²) in [7, 11) is -4.08. The Morgan fingerprint density at radius 2 is 1.71 bits per heavy atom. The fourth-order valence-electron chi connectivity index (χ4n) is 2.25. The molecular weight excluding hydrogens is 440 g/mol. The van der Waals surface area contributed by atoms with Crippen LogP contribution in [-0.2, 0) is 27.5 Å². The highest BCUT2D eigenvalue weighted by atomic mass is 35.5. The molecule has 0 aliphatic rings. The zero-order valence-corrected chi connectivity index (χ0v) is 16.8. The summed E-state index contributed by atoms with van der Waals surface area (Å²) in [6.07, 6.45) is -3.92. The second kappa shape index (κ2) is 8.59. The van der Waals surface area contributed by atoms with Crippen molar-refractivity contribution in [2.24, 2.45) is 0 Å². The molecular formula is C17H15Cl2F3N2O3S. The van der Waals surface area contributed by atoms with E-state index in [0.717, 1.165) is 18.4 Å². The highest BCUT2D eigenvalue weighted by Gasteiger charge is 2.33. The highest BCUT2D eigenvalue weighted by Crippen LogP contribution is 2.36. The second-order valence-corrected chi connectivity index (χ2v) is 8.59. The number of hydrogen-bond acceptors (Lipinski definition) is 3. The van der Waals surface area contributed by atoms with Gasteiger partial charge in [-0.2, -0.15) is 13.2 Å². The summed E-state index contributed by atoms with van der Waals surface area (Å²) in [4.78, 5) is 12.2. The van der Waals surface area contributed by atoms with Crippen molar-refractivity contribution in [3.05, 3.63) is 63.6 Å². The van der Waals surface area contributed by atoms with Gasteiger partial charge >= 0.3 is 6.18 Å². The summed E-state index contributed by atoms with van der Waals surface area (Å²) in [6.45, 7) is -0.641. The molecule has 11 heteroatoms. The molecule has 0 saturated carbocycles. The molecule has 152 valence electrons. The standard InChI is InChI=1S/C17H15Cl2F3N2O3S/c1-28(26,27)24(15-8-12(17(20,21)22)4-7-14(15)19)10-16(25)23-9-11-2-5-13(18)6-3-11/h2-8H,9-10H2,1H3,(H,23,25). The number of anilines is 1. The van der Waals surface area contributed by atoms with Crippen molar-refractivity contribution in [1.29, 1.82) is 0 Å². The average Bonchev–Trinajstić information content (AvgIpc) is 2.58. The van der Waals surface area contributed by atoms with E-state index < -0.39 is 39.9 Å². The van der Waals surface area contributed by atoms with Crippen LogP contribution in [-0.4, -0.2) is 27.1 Å². The predicted octanol–water partition coefficient (Wildman–Crippen LogP) is 4.09. The largest absolute Gasteiger partial charge is 0.416 e. The first-order chi connectivity index (χ1) is 12.9. The van der Waals surface area contributed by atoms with E-state index in [-0.39, 0.29) is 11.6 Å². The number of carbonyl (C=O) groups excluding carboxylic acids is 1. The molecule has 0 aliphatic carbocycles. The third-order valence-corrected chi connectivity index (χ3v) is 5.33. The fourth-order valence-corrected chi connectivity index (χ4v) is 3.51. The van der Waals surface area contributed by atoms with Gasteiger partial charge < -0.3 is 5.32 Å². The normalized spacial score (nSPS) is 11.9. The predicted molar refractivity (Wildman–Crippen MR) is 102 cm³/mol. The Morgan fingerprint density at radius 1 is 1.11 bits per heavy atom. The molecule has 2 rings (SSSR count). The molecule has 0 bridgehead atoms. The quantitative estimate of drug-likeness (QED) is 0.714. The Labute approximate surface area is 170 Å². The first-order valence-corrected chi connectivity index (χ1v) is 10.3. The SMILES string of the molecule is CS(=O)(=O)N(CC(=O)NCc1ccc(Cl)cc1)c1cc(C(F)(F)F)ccc1Cl. The molecule has 0 unspecified atom stereocenters. The molecule has 1 N–H and O–H groups in total. The van der Waals surface area contributed by atoms with Crippen molar-refractivity contribution in [2.75, 3.05) is 17.1 Å². The molecule has 2 aromatic carbocycles. The smallest absolute Gasteiger partial charge is 0.350 e. The van der Waals surface area contributed by atoms with Crippen molar-refractivity contribution in [3.63, 3.8) is 0 Å². The van der Waals surface area contributed by atoms with Gasteiger partial charge in [-0.3, -0.25) is 9.10 Å². The Morgan fingerprint density at radius 3 is 2.25 bits per heavy atom. The van der Waals surface area contributed by atoms with E-state index in [9.17, 15) is 26.4 Å². The first kappa shape index (κ1) is 22.3. The van der Waals surface area contributed by atoms with E-state index in [2.05, 4.69) is 5.32 Å². The monoisotopic (exact) mass is 454 g/mol. The van der Waals surface area contributed by atoms with Gasteiger partial charge in [-0.15, -0.1) is 0 Å². The van der Waals surface area contributed by atoms with Gasteiger partial charge in [0.1, 0.15) is 6.54 Å². The number of hydrogen-bond donors (Lipinski definition) is 1. The molecule has 0 aliphatic heterocycles. The summed E-state index contributed by atoms with van der Waals surface area (Å²) in [5, 5.41) is 2.78. The number of sulfonamides is 1. The van der Waals surface area contributed by atoms with Gasteiger partial charge in [0.2, 0.25) is 15.9 Å². The maximum absolute atomic E-state index is 13.0. The number of carbonyl (C=O) groups is 1. The molecule has 1 amide bonds. The lowest BCUT2D eigenvalue weighted by molar-refractivity contribution is -0.137. The minimum atomic E-state index is -4.70. The van der Waals surface area contributed by atoms with Gasteiger partial charge in [-0.1, -0.05) is 35.3 Å². The number of benzene rings is 2. The molecule has 0 fully saturated rings. The van der Waals surface area contributed by atoms with E-state index in [1.165, 1.54) is 0 Å². The number of halogens is 5. The molecule has 0 saturated heterocycles. The Hall–Kier alpha value is -1.97. The third-order valence-electron chi connectivity index (χ3n) is 3.63. The van der Waals surface area contributed by atoms with Gasteiger partial charge in [0.05, 0.1) is 22.5 Å². The van der Waals surface area contributed by atoms with Crippen LogP contribution in [0.15, 0.2) is 42.5 Å². The number of rotatable bonds is 6. The lowest BCUT2D eigenvalue weighted by Gasteiger charge is -2.24. The van der Waals surface area contributed by atoms with Gasteiger partial charge in [0.25, 0.3) is 0 Å². The second-order valence-electron chi connectivity index (χ2n) is 5.84. The van der Waals surface area contributed by atoms with E-state index >= 15 is 0 Å². The van der Waals surface area contributed by atoms with Crippen molar-refractivity contribution in [2.45, 2.75) is 12.7 Å². The zero-order valence-electron chi connectivity index (χ0n) is 14.4. The van der Waals surface area contributed by atoms with Crippen LogP contribution in [0.5, 0.6) is 0 Å². The maximum atomic E-state index is 13.0. The van der Waals surface area contributed by atoms with E-state index in [1.807, 2.05) is 0 Å². The molecule has 0 aromatic heterocycles. The molecule has 2 aromatic rings. The molecule has 0 atom stereocenters. The van der Waals surface area contributed by atoms with Crippen molar-refractivity contribution in [1.82, 2.24) is 5.32 Å². The summed E-state index contributed by atoms with van der Waals surface area (Å²) in [5.74, 6) is -0.714. The molecule has 28 heavy (non-hydrogen) atoms. The van der Waals surface area contributed by atoms with E-state index in [4.69, 9.17) is 23.2 Å². The van der Waals surface area contributed by atoms with Gasteiger partial charge in [-0.25, -0.2) is 8.42 Å². The van der Waals surface area contributed by atoms with Crippen LogP contribution >= 0.6 is 23.2 Å². The molecule has 0 spiro atoms. The van der Waals surface area contributed by atoms with Crippen molar-refractivity contribution < 1.29 is 26.4 Å². The van der Waals surface area contributed by atoms with Crippen LogP contribution in [0, 0.1) is 0 Å². The summed E-state index contributed by atoms with van der Waals surface area (Å²) < 4.78 is 63.6. The molecule has 0 heterocycles. The lowest BCUT2D eigenvalue weighted by Crippen LogP contribution is -2.40. The zero-order chi connectivity index (χ0) is 21.1. The Balaban J connectivity index is 2.23. The molecule has 5 nitrogen and oxygen atoms in total. The van der Waals surface area contributed by atoms with Gasteiger partial charge in [0, 0.05) is 11.6 Å². The minimum absolute atomic E-state index is 0.0872. The lowest BCUT2D eigenvalue weighted by atomic mass is 10.2. The van der Waals surface area contributed by atoms with Crippen LogP contribution in [0.2, 0.25) is 10.0 Å². The van der Waals surface area contributed by atoms with Crippen molar-refractivity contribution >= 4 is 44.8 Å². The fraction of sp³-hybridized carbons (Fsp3) is 0.235. The Kier molecular flexibility index (Phi) is 6.84. The first-order valence-electron chi connectivity index (χ1n) is 7.73. The van der Waals surface area contributed by atoms with Crippen LogP contribution in [0.1, 0.15) is 11.1 Å². The summed E-state index contributed by atoms with van der Waals surface area (Å²) >= 11 is 11.7. The highest BCUT2D eigenvalue weighted by molar-refractivity contribution is 7.92. The van der Waals surface area contributed by atoms with Crippen LogP contribution in [0.3, 0.4) is 0 Å². The van der Waals surface area contributed by atoms with Crippen LogP contribution in [0.4, 0.5) is 18.9 Å². The maximum Gasteiger partial charge on any atom is 0.416 e. The number of nitrogens with one attached hydrogen (secondary N) is 1. The Bertz CT molecular complexity index is 965. The van der Waals surface area contributed by atoms with Gasteiger partial charge in [-0.05, 0) is 35.9 Å². The van der Waals surface area contributed by atoms with E-state index in [1.54, 1.807) is 24.3 Å². The molecule has 0 radical (unpaired) electrons. The number of amides is 1. The number of nitrogens with zero attached hydrogens (tertiary/aromatic N) is 1. The third kappa shape index (κ3) is 6.02. The summed E-state index contributed by atoms with van der Waals surface area (Å²) in [5.41, 5.74) is -0.802.